The maximum absolute atomic E-state index is 15.1. The predicted octanol–water partition coefficient (Wildman–Crippen LogP) is 0.0292. The molecule has 18 nitrogen and oxygen atoms in total. The Labute approximate surface area is 337 Å². The molecular formula is C41H46N2O16. The SMILES string of the molecule is COC(=O)c1c(C)cc2c(c1OCC(=O)N1CCCCC1)[C@]1(O)C(=O)c3cc4c(c(O)c3C(=O)[C@]1(OC)[C@H](O)C2)C(=O)C=C(N[C@H]1O[C@@H](C)[C@H](OC)[C@@H](O)[C@H]1CO)C4=O. The van der Waals surface area contributed by atoms with E-state index < -0.39 is 147 Å². The van der Waals surface area contributed by atoms with E-state index in [4.69, 9.17) is 23.7 Å². The molecule has 7 rings (SSSR count). The van der Waals surface area contributed by atoms with Gasteiger partial charge >= 0.3 is 5.97 Å². The number of aromatic hydroxyl groups is 1. The molecule has 3 aliphatic carbocycles. The molecule has 2 aromatic rings. The minimum Gasteiger partial charge on any atom is -0.506 e. The van der Waals surface area contributed by atoms with Gasteiger partial charge in [0.1, 0.15) is 29.4 Å². The third-order valence-corrected chi connectivity index (χ3v) is 12.3. The lowest BCUT2D eigenvalue weighted by molar-refractivity contribution is -0.214. The number of phenolic OH excluding ortho intramolecular Hbond substituents is 1. The Bertz CT molecular complexity index is 2190. The van der Waals surface area contributed by atoms with Gasteiger partial charge in [0.25, 0.3) is 5.91 Å². The number of rotatable bonds is 9. The molecule has 316 valence electrons. The van der Waals surface area contributed by atoms with Gasteiger partial charge in [-0.05, 0) is 50.3 Å². The van der Waals surface area contributed by atoms with Crippen LogP contribution >= 0.6 is 0 Å². The lowest BCUT2D eigenvalue weighted by atomic mass is 9.56. The van der Waals surface area contributed by atoms with Crippen LogP contribution in [0.4, 0.5) is 0 Å². The molecule has 1 amide bonds. The molecule has 59 heavy (non-hydrogen) atoms. The molecule has 18 heteroatoms. The summed E-state index contributed by atoms with van der Waals surface area (Å²) in [6, 6.07) is 2.25. The van der Waals surface area contributed by atoms with E-state index >= 15 is 4.79 Å². The number of esters is 1. The molecule has 0 unspecified atom stereocenters. The molecule has 0 saturated carbocycles. The number of Topliss-reactive ketones (excluding diaryl/α,β-unsaturated/α-hetero) is 3. The highest BCUT2D eigenvalue weighted by atomic mass is 16.6. The maximum atomic E-state index is 15.1. The van der Waals surface area contributed by atoms with Crippen LogP contribution in [0.3, 0.4) is 0 Å². The second-order valence-electron chi connectivity index (χ2n) is 15.4. The largest absolute Gasteiger partial charge is 0.506 e. The molecule has 6 N–H and O–H groups in total. The minimum absolute atomic E-state index is 0.0451. The zero-order valence-electron chi connectivity index (χ0n) is 33.0. The summed E-state index contributed by atoms with van der Waals surface area (Å²) in [5.41, 5.74) is -9.92. The summed E-state index contributed by atoms with van der Waals surface area (Å²) in [4.78, 5) is 86.2. The number of carbonyl (C=O) groups is 6. The van der Waals surface area contributed by atoms with Crippen molar-refractivity contribution in [3.63, 3.8) is 0 Å². The average molecular weight is 823 g/mol. The van der Waals surface area contributed by atoms with Gasteiger partial charge in [-0.1, -0.05) is 6.07 Å². The van der Waals surface area contributed by atoms with Crippen LogP contribution in [0.5, 0.6) is 11.5 Å². The Morgan fingerprint density at radius 1 is 1.00 bits per heavy atom. The number of allylic oxidation sites excluding steroid dienone is 2. The van der Waals surface area contributed by atoms with Crippen molar-refractivity contribution in [3.8, 4) is 11.5 Å². The number of nitrogens with zero attached hydrogens (tertiary/aromatic N) is 1. The molecule has 2 saturated heterocycles. The number of piperidine rings is 1. The molecule has 2 aliphatic heterocycles. The maximum Gasteiger partial charge on any atom is 0.341 e. The Balaban J connectivity index is 1.37. The van der Waals surface area contributed by atoms with Crippen molar-refractivity contribution >= 4 is 35.0 Å². The lowest BCUT2D eigenvalue weighted by Crippen LogP contribution is -2.73. The highest BCUT2D eigenvalue weighted by Gasteiger charge is 2.73. The van der Waals surface area contributed by atoms with Gasteiger partial charge in [-0.25, -0.2) is 4.79 Å². The summed E-state index contributed by atoms with van der Waals surface area (Å²) in [5.74, 6) is -8.76. The van der Waals surface area contributed by atoms with Crippen LogP contribution in [0.2, 0.25) is 0 Å². The van der Waals surface area contributed by atoms with Crippen molar-refractivity contribution in [3.05, 3.63) is 68.4 Å². The van der Waals surface area contributed by atoms with Crippen LogP contribution in [0.15, 0.2) is 23.9 Å². The molecule has 0 aromatic heterocycles. The molecular weight excluding hydrogens is 776 g/mol. The first-order valence-electron chi connectivity index (χ1n) is 19.2. The summed E-state index contributed by atoms with van der Waals surface area (Å²) in [5, 5.41) is 60.2. The van der Waals surface area contributed by atoms with Crippen molar-refractivity contribution in [2.45, 2.75) is 81.4 Å². The number of nitrogens with one attached hydrogen (secondary N) is 1. The number of hydrogen-bond donors (Lipinski definition) is 6. The van der Waals surface area contributed by atoms with E-state index in [2.05, 4.69) is 5.32 Å². The Hall–Kier alpha value is -5.08. The van der Waals surface area contributed by atoms with Gasteiger partial charge in [-0.15, -0.1) is 0 Å². The molecule has 2 fully saturated rings. The second kappa shape index (κ2) is 15.5. The highest BCUT2D eigenvalue weighted by molar-refractivity contribution is 6.31. The van der Waals surface area contributed by atoms with E-state index in [0.717, 1.165) is 45.6 Å². The average Bonchev–Trinajstić information content (AvgIpc) is 3.20. The third kappa shape index (κ3) is 6.10. The van der Waals surface area contributed by atoms with E-state index in [1.54, 1.807) is 11.8 Å². The molecule has 5 aliphatic rings. The van der Waals surface area contributed by atoms with Crippen LogP contribution in [0.25, 0.3) is 0 Å². The monoisotopic (exact) mass is 822 g/mol. The smallest absolute Gasteiger partial charge is 0.341 e. The second-order valence-corrected chi connectivity index (χ2v) is 15.4. The zero-order valence-corrected chi connectivity index (χ0v) is 33.0. The van der Waals surface area contributed by atoms with Gasteiger partial charge < -0.3 is 59.4 Å². The van der Waals surface area contributed by atoms with Crippen molar-refractivity contribution < 1.29 is 78.0 Å². The highest BCUT2D eigenvalue weighted by Crippen LogP contribution is 2.57. The van der Waals surface area contributed by atoms with E-state index in [9.17, 15) is 49.5 Å². The molecule has 0 radical (unpaired) electrons. The number of ether oxygens (including phenoxy) is 5. The number of fused-ring (bicyclic) bond motifs is 5. The number of amides is 1. The lowest BCUT2D eigenvalue weighted by Gasteiger charge is -2.53. The summed E-state index contributed by atoms with van der Waals surface area (Å²) in [6.07, 6.45) is -3.25. The number of ketones is 4. The van der Waals surface area contributed by atoms with Gasteiger partial charge in [0.05, 0.1) is 54.8 Å². The topological polar surface area (TPSA) is 265 Å². The summed E-state index contributed by atoms with van der Waals surface area (Å²) in [6.45, 7) is 2.73. The van der Waals surface area contributed by atoms with Crippen LogP contribution in [-0.2, 0) is 35.8 Å². The first-order valence-corrected chi connectivity index (χ1v) is 19.2. The van der Waals surface area contributed by atoms with Crippen LogP contribution in [0, 0.1) is 12.8 Å². The zero-order chi connectivity index (χ0) is 42.9. The van der Waals surface area contributed by atoms with Crippen LogP contribution in [0.1, 0.15) is 94.7 Å². The predicted molar refractivity (Wildman–Crippen MR) is 200 cm³/mol. The number of aliphatic hydroxyl groups excluding tert-OH is 3. The fourth-order valence-corrected chi connectivity index (χ4v) is 9.38. The fourth-order valence-electron chi connectivity index (χ4n) is 9.38. The van der Waals surface area contributed by atoms with E-state index in [0.29, 0.717) is 13.1 Å². The summed E-state index contributed by atoms with van der Waals surface area (Å²) in [7, 11) is 3.37. The first-order chi connectivity index (χ1) is 28.0. The third-order valence-electron chi connectivity index (χ3n) is 12.3. The number of aryl methyl sites for hydroxylation is 1. The molecule has 2 aromatic carbocycles. The van der Waals surface area contributed by atoms with Gasteiger partial charge in [0, 0.05) is 56.5 Å². The van der Waals surface area contributed by atoms with E-state index in [1.165, 1.54) is 20.1 Å². The number of methoxy groups -OCH3 is 3. The normalized spacial score (nSPS) is 30.1. The number of carbonyl (C=O) groups excluding carboxylic acids is 6. The van der Waals surface area contributed by atoms with Gasteiger partial charge in [-0.2, -0.15) is 0 Å². The standard InChI is InChI=1S/C41H46N2O16/c1-17-11-19-12-25(46)41(57-5)37(52)29-21(36(51)40(41,54)30(19)35(27(17)39(53)56-4)58-16-26(47)43-9-7-6-8-10-43)13-20-28(33(29)50)24(45)14-23(31(20)48)42-38-22(15-44)32(49)34(55-3)18(2)59-38/h11,13-14,18,22,25,32,34,38,42,44,46,49-50,54H,6-10,12,15-16H2,1-5H3/t18-,22+,25+,32-,34-,38-,40-,41+/m0/s1. The van der Waals surface area contributed by atoms with Gasteiger partial charge in [-0.3, -0.25) is 24.0 Å². The molecule has 8 atom stereocenters. The summed E-state index contributed by atoms with van der Waals surface area (Å²) < 4.78 is 28.0. The Morgan fingerprint density at radius 3 is 2.32 bits per heavy atom. The number of hydrogen-bond acceptors (Lipinski definition) is 17. The van der Waals surface area contributed by atoms with Crippen molar-refractivity contribution in [1.29, 1.82) is 0 Å². The van der Waals surface area contributed by atoms with Crippen molar-refractivity contribution in [2.24, 2.45) is 5.92 Å². The summed E-state index contributed by atoms with van der Waals surface area (Å²) >= 11 is 0. The fraction of sp³-hybridized carbons (Fsp3) is 0.512. The van der Waals surface area contributed by atoms with Crippen LogP contribution in [-0.4, -0.2) is 149 Å². The Kier molecular flexibility index (Phi) is 11.1. The number of aliphatic hydroxyl groups is 4. The first kappa shape index (κ1) is 42.1. The van der Waals surface area contributed by atoms with Crippen molar-refractivity contribution in [1.82, 2.24) is 10.2 Å². The molecule has 0 bridgehead atoms. The van der Waals surface area contributed by atoms with Gasteiger partial charge in [0.2, 0.25) is 17.3 Å². The number of phenols is 1. The van der Waals surface area contributed by atoms with E-state index in [-0.39, 0.29) is 16.7 Å². The molecule has 2 heterocycles. The Morgan fingerprint density at radius 2 is 1.69 bits per heavy atom. The number of likely N-dealkylation sites (tertiary alicyclic amines) is 1. The van der Waals surface area contributed by atoms with Crippen molar-refractivity contribution in [2.75, 3.05) is 47.6 Å². The number of benzene rings is 2. The van der Waals surface area contributed by atoms with Crippen LogP contribution < -0.4 is 10.1 Å². The molecule has 0 spiro atoms. The minimum atomic E-state index is -3.26. The quantitative estimate of drug-likeness (QED) is 0.182. The van der Waals surface area contributed by atoms with Gasteiger partial charge in [0.15, 0.2) is 23.6 Å². The van der Waals surface area contributed by atoms with E-state index in [1.807, 2.05) is 0 Å².